The van der Waals surface area contributed by atoms with Crippen molar-refractivity contribution in [1.82, 2.24) is 9.97 Å². The van der Waals surface area contributed by atoms with Crippen molar-refractivity contribution in [3.8, 4) is 5.88 Å². The minimum Gasteiger partial charge on any atom is -0.476 e. The molecule has 1 aromatic heterocycles. The lowest BCUT2D eigenvalue weighted by atomic mass is 10.0. The Kier molecular flexibility index (Phi) is 3.86. The zero-order valence-electron chi connectivity index (χ0n) is 10.6. The Bertz CT molecular complexity index is 405. The molecule has 0 aromatic carbocycles. The Labute approximate surface area is 107 Å². The van der Waals surface area contributed by atoms with E-state index in [1.54, 1.807) is 0 Å². The van der Waals surface area contributed by atoms with Gasteiger partial charge in [0.1, 0.15) is 12.0 Å². The van der Waals surface area contributed by atoms with Gasteiger partial charge in [0.05, 0.1) is 12.2 Å². The van der Waals surface area contributed by atoms with Crippen molar-refractivity contribution in [1.29, 1.82) is 0 Å². The van der Waals surface area contributed by atoms with Crippen LogP contribution in [0.1, 0.15) is 32.6 Å². The molecule has 6 heteroatoms. The fourth-order valence-corrected chi connectivity index (χ4v) is 2.23. The number of nitrogens with one attached hydrogen (secondary N) is 1. The van der Waals surface area contributed by atoms with Crippen LogP contribution in [0.3, 0.4) is 0 Å². The Hall–Kier alpha value is -1.56. The molecular weight excluding hydrogens is 232 g/mol. The maximum absolute atomic E-state index is 10.2. The van der Waals surface area contributed by atoms with Crippen molar-refractivity contribution >= 4 is 11.5 Å². The van der Waals surface area contributed by atoms with E-state index in [2.05, 4.69) is 15.3 Å². The van der Waals surface area contributed by atoms with Gasteiger partial charge in [-0.2, -0.15) is 4.98 Å². The lowest BCUT2D eigenvalue weighted by Gasteiger charge is -2.23. The van der Waals surface area contributed by atoms with Crippen LogP contribution in [0.2, 0.25) is 0 Å². The molecule has 0 amide bonds. The van der Waals surface area contributed by atoms with E-state index in [1.165, 1.54) is 6.33 Å². The summed E-state index contributed by atoms with van der Waals surface area (Å²) < 4.78 is 5.30. The van der Waals surface area contributed by atoms with Gasteiger partial charge in [-0.15, -0.1) is 0 Å². The van der Waals surface area contributed by atoms with Gasteiger partial charge in [0, 0.05) is 6.54 Å². The van der Waals surface area contributed by atoms with Gasteiger partial charge in [-0.25, -0.2) is 4.98 Å². The summed E-state index contributed by atoms with van der Waals surface area (Å²) in [6, 6.07) is 0. The second-order valence-corrected chi connectivity index (χ2v) is 4.66. The number of aliphatic hydroxyl groups is 1. The van der Waals surface area contributed by atoms with Gasteiger partial charge >= 0.3 is 0 Å². The normalized spacial score (nSPS) is 17.7. The lowest BCUT2D eigenvalue weighted by molar-refractivity contribution is 0.0614. The van der Waals surface area contributed by atoms with Crippen molar-refractivity contribution in [2.75, 3.05) is 24.2 Å². The van der Waals surface area contributed by atoms with E-state index in [0.29, 0.717) is 30.5 Å². The van der Waals surface area contributed by atoms with Gasteiger partial charge in [-0.1, -0.05) is 12.8 Å². The second kappa shape index (κ2) is 5.39. The highest BCUT2D eigenvalue weighted by atomic mass is 16.5. The van der Waals surface area contributed by atoms with Gasteiger partial charge < -0.3 is 20.9 Å². The third-order valence-corrected chi connectivity index (χ3v) is 3.25. The summed E-state index contributed by atoms with van der Waals surface area (Å²) in [6.07, 6.45) is 5.19. The zero-order valence-corrected chi connectivity index (χ0v) is 10.6. The molecule has 1 aliphatic rings. The summed E-state index contributed by atoms with van der Waals surface area (Å²) in [5.41, 5.74) is 5.66. The molecule has 0 saturated heterocycles. The number of nitrogen functional groups attached to an aromatic ring is 1. The first-order valence-electron chi connectivity index (χ1n) is 6.34. The van der Waals surface area contributed by atoms with E-state index in [0.717, 1.165) is 25.7 Å². The zero-order chi connectivity index (χ0) is 13.0. The van der Waals surface area contributed by atoms with Crippen LogP contribution < -0.4 is 15.8 Å². The first kappa shape index (κ1) is 12.9. The minimum absolute atomic E-state index is 0.383. The first-order chi connectivity index (χ1) is 8.64. The molecule has 18 heavy (non-hydrogen) atoms. The molecule has 0 bridgehead atoms. The Morgan fingerprint density at radius 1 is 1.44 bits per heavy atom. The predicted octanol–water partition coefficient (Wildman–Crippen LogP) is 1.17. The van der Waals surface area contributed by atoms with Gasteiger partial charge in [0.25, 0.3) is 0 Å². The molecule has 4 N–H and O–H groups in total. The number of nitrogens with two attached hydrogens (primary N) is 1. The molecule has 1 fully saturated rings. The van der Waals surface area contributed by atoms with Crippen molar-refractivity contribution < 1.29 is 9.84 Å². The highest BCUT2D eigenvalue weighted by Crippen LogP contribution is 2.31. The van der Waals surface area contributed by atoms with Gasteiger partial charge in [-0.05, 0) is 19.8 Å². The Morgan fingerprint density at radius 3 is 2.83 bits per heavy atom. The van der Waals surface area contributed by atoms with Crippen LogP contribution in [0, 0.1) is 0 Å². The molecule has 0 radical (unpaired) electrons. The van der Waals surface area contributed by atoms with Crippen molar-refractivity contribution in [2.24, 2.45) is 0 Å². The molecule has 0 aliphatic heterocycles. The van der Waals surface area contributed by atoms with Crippen LogP contribution in [0.15, 0.2) is 6.33 Å². The number of ether oxygens (including phenoxy) is 1. The number of anilines is 2. The van der Waals surface area contributed by atoms with E-state index < -0.39 is 5.60 Å². The van der Waals surface area contributed by atoms with Crippen molar-refractivity contribution in [3.05, 3.63) is 6.33 Å². The molecule has 0 spiro atoms. The summed E-state index contributed by atoms with van der Waals surface area (Å²) in [5, 5.41) is 13.3. The number of hydrogen-bond donors (Lipinski definition) is 3. The number of nitrogens with zero attached hydrogens (tertiary/aromatic N) is 2. The molecule has 2 rings (SSSR count). The van der Waals surface area contributed by atoms with Gasteiger partial charge in [0.2, 0.25) is 5.88 Å². The summed E-state index contributed by atoms with van der Waals surface area (Å²) in [7, 11) is 0. The summed E-state index contributed by atoms with van der Waals surface area (Å²) in [6.45, 7) is 2.83. The Balaban J connectivity index is 2.02. The largest absolute Gasteiger partial charge is 0.476 e. The van der Waals surface area contributed by atoms with Crippen LogP contribution in [-0.4, -0.2) is 33.8 Å². The van der Waals surface area contributed by atoms with E-state index in [9.17, 15) is 5.11 Å². The maximum Gasteiger partial charge on any atom is 0.242 e. The lowest BCUT2D eigenvalue weighted by Crippen LogP contribution is -2.33. The maximum atomic E-state index is 10.2. The van der Waals surface area contributed by atoms with Crippen LogP contribution in [0.25, 0.3) is 0 Å². The number of rotatable bonds is 5. The SMILES string of the molecule is CCOc1ncnc(NCC2(O)CCCC2)c1N. The van der Waals surface area contributed by atoms with Gasteiger partial charge in [0.15, 0.2) is 5.82 Å². The molecule has 1 heterocycles. The molecule has 1 aliphatic carbocycles. The average molecular weight is 252 g/mol. The van der Waals surface area contributed by atoms with Crippen molar-refractivity contribution in [2.45, 2.75) is 38.2 Å². The summed E-state index contributed by atoms with van der Waals surface area (Å²) >= 11 is 0. The topological polar surface area (TPSA) is 93.3 Å². The fourth-order valence-electron chi connectivity index (χ4n) is 2.23. The van der Waals surface area contributed by atoms with Crippen molar-refractivity contribution in [3.63, 3.8) is 0 Å². The Morgan fingerprint density at radius 2 is 2.17 bits per heavy atom. The van der Waals surface area contributed by atoms with Crippen LogP contribution in [-0.2, 0) is 0 Å². The number of hydrogen-bond acceptors (Lipinski definition) is 6. The van der Waals surface area contributed by atoms with E-state index in [4.69, 9.17) is 10.5 Å². The first-order valence-corrected chi connectivity index (χ1v) is 6.34. The predicted molar refractivity (Wildman–Crippen MR) is 69.5 cm³/mol. The number of aromatic nitrogens is 2. The van der Waals surface area contributed by atoms with E-state index in [-0.39, 0.29) is 0 Å². The second-order valence-electron chi connectivity index (χ2n) is 4.66. The third-order valence-electron chi connectivity index (χ3n) is 3.25. The van der Waals surface area contributed by atoms with Crippen LogP contribution >= 0.6 is 0 Å². The van der Waals surface area contributed by atoms with Crippen LogP contribution in [0.4, 0.5) is 11.5 Å². The fraction of sp³-hybridized carbons (Fsp3) is 0.667. The summed E-state index contributed by atoms with van der Waals surface area (Å²) in [4.78, 5) is 8.04. The average Bonchev–Trinajstić information content (AvgIpc) is 2.78. The highest BCUT2D eigenvalue weighted by Gasteiger charge is 2.31. The van der Waals surface area contributed by atoms with E-state index >= 15 is 0 Å². The third kappa shape index (κ3) is 2.81. The smallest absolute Gasteiger partial charge is 0.242 e. The quantitative estimate of drug-likeness (QED) is 0.728. The standard InChI is InChI=1S/C12H20N4O2/c1-2-18-11-9(13)10(15-8-16-11)14-7-12(17)5-3-4-6-12/h8,17H,2-7,13H2,1H3,(H,14,15,16). The summed E-state index contributed by atoms with van der Waals surface area (Å²) in [5.74, 6) is 0.905. The molecule has 6 nitrogen and oxygen atoms in total. The van der Waals surface area contributed by atoms with Crippen LogP contribution in [0.5, 0.6) is 5.88 Å². The molecule has 1 saturated carbocycles. The molecule has 0 unspecified atom stereocenters. The molecule has 0 atom stereocenters. The monoisotopic (exact) mass is 252 g/mol. The molecular formula is C12H20N4O2. The highest BCUT2D eigenvalue weighted by molar-refractivity contribution is 5.66. The van der Waals surface area contributed by atoms with Gasteiger partial charge in [-0.3, -0.25) is 0 Å². The van der Waals surface area contributed by atoms with E-state index in [1.807, 2.05) is 6.92 Å². The molecule has 1 aromatic rings. The minimum atomic E-state index is -0.636. The molecule has 100 valence electrons.